The van der Waals surface area contributed by atoms with Crippen LogP contribution in [0.3, 0.4) is 0 Å². The Morgan fingerprint density at radius 3 is 0.629 bits per heavy atom. The van der Waals surface area contributed by atoms with E-state index >= 15 is 0 Å². The zero-order chi connectivity index (χ0) is 94.4. The van der Waals surface area contributed by atoms with Crippen molar-refractivity contribution in [3.63, 3.8) is 0 Å². The second-order valence-corrected chi connectivity index (χ2v) is 41.7. The molecular formula is C132H144. The van der Waals surface area contributed by atoms with Crippen LogP contribution in [0.1, 0.15) is 305 Å². The lowest BCUT2D eigenvalue weighted by Crippen LogP contribution is -2.23. The molecule has 5 aliphatic carbocycles. The van der Waals surface area contributed by atoms with E-state index in [1.54, 1.807) is 0 Å². The Morgan fingerprint density at radius 1 is 0.167 bits per heavy atom. The van der Waals surface area contributed by atoms with Gasteiger partial charge in [-0.3, -0.25) is 0 Å². The SMILES string of the molecule is CCCCc1cc2c(cc1C)C(C)(c1cccc(C)c1)c1cc(C)c(CCCC)cc1-2.CCc1cc2c(cc1C)C(C)(c1cccc(C)c1)c1cc(C)c(CC)cc1-2.Cc1cc(C)cc(C2(C)c3cc(C)ccc3-c3cc(C)c(C)cc32)c1.Cc1cccc(C2(C)c3cc(C)c(C)cc3-c3cc(C)c(C)cc32)c1.Cc1cccc(C2(C)c3cc(C)ccc3-c3cc(C)c(C)cc32)c1. The van der Waals surface area contributed by atoms with Crippen molar-refractivity contribution in [1.29, 1.82) is 0 Å². The maximum Gasteiger partial charge on any atom is 0.0435 e. The average molecular weight is 1730 g/mol. The summed E-state index contributed by atoms with van der Waals surface area (Å²) in [4.78, 5) is 0. The molecule has 0 radical (unpaired) electrons. The molecule has 672 valence electrons. The van der Waals surface area contributed by atoms with E-state index in [0.29, 0.717) is 0 Å². The number of fused-ring (bicyclic) bond motifs is 15. The summed E-state index contributed by atoms with van der Waals surface area (Å²) in [7, 11) is 0. The fraction of sp³-hybridized carbons (Fsp3) is 0.318. The molecule has 0 heteroatoms. The van der Waals surface area contributed by atoms with Gasteiger partial charge in [0.05, 0.1) is 0 Å². The van der Waals surface area contributed by atoms with Gasteiger partial charge in [0, 0.05) is 27.1 Å². The molecule has 0 aromatic heterocycles. The zero-order valence-corrected chi connectivity index (χ0v) is 85.3. The maximum atomic E-state index is 2.53. The highest BCUT2D eigenvalue weighted by Crippen LogP contribution is 2.60. The molecule has 0 amide bonds. The third kappa shape index (κ3) is 16.3. The van der Waals surface area contributed by atoms with Gasteiger partial charge in [0.15, 0.2) is 0 Å². The zero-order valence-electron chi connectivity index (χ0n) is 85.3. The fourth-order valence-electron chi connectivity index (χ4n) is 23.4. The van der Waals surface area contributed by atoms with Gasteiger partial charge in [-0.05, 0) is 440 Å². The van der Waals surface area contributed by atoms with E-state index in [2.05, 4.69) is 450 Å². The molecule has 0 bridgehead atoms. The third-order valence-corrected chi connectivity index (χ3v) is 32.2. The Labute approximate surface area is 795 Å². The van der Waals surface area contributed by atoms with Crippen molar-refractivity contribution in [2.45, 2.75) is 279 Å². The molecule has 0 nitrogen and oxygen atoms in total. The Bertz CT molecular complexity index is 6860. The van der Waals surface area contributed by atoms with Gasteiger partial charge in [0.2, 0.25) is 0 Å². The van der Waals surface area contributed by atoms with Crippen LogP contribution in [0.25, 0.3) is 55.6 Å². The van der Waals surface area contributed by atoms with Gasteiger partial charge in [0.25, 0.3) is 0 Å². The first-order valence-electron chi connectivity index (χ1n) is 49.5. The fourth-order valence-corrected chi connectivity index (χ4v) is 23.4. The Kier molecular flexibility index (Phi) is 25.8. The molecule has 5 aliphatic rings. The summed E-state index contributed by atoms with van der Waals surface area (Å²) in [6.45, 7) is 65.6. The summed E-state index contributed by atoms with van der Waals surface area (Å²) >= 11 is 0. The van der Waals surface area contributed by atoms with E-state index in [9.17, 15) is 0 Å². The van der Waals surface area contributed by atoms with E-state index in [0.717, 1.165) is 12.8 Å². The van der Waals surface area contributed by atoms with Crippen LogP contribution in [0.5, 0.6) is 0 Å². The molecule has 20 rings (SSSR count). The molecule has 15 aromatic rings. The number of unbranched alkanes of at least 4 members (excludes halogenated alkanes) is 2. The van der Waals surface area contributed by atoms with Crippen LogP contribution in [0.4, 0.5) is 0 Å². The number of hydrogen-bond acceptors (Lipinski definition) is 0. The maximum absolute atomic E-state index is 2.53. The third-order valence-electron chi connectivity index (χ3n) is 32.2. The highest BCUT2D eigenvalue weighted by molar-refractivity contribution is 5.90. The highest BCUT2D eigenvalue weighted by atomic mass is 14.5. The monoisotopic (exact) mass is 1730 g/mol. The van der Waals surface area contributed by atoms with Gasteiger partial charge in [-0.2, -0.15) is 0 Å². The molecule has 132 heavy (non-hydrogen) atoms. The lowest BCUT2D eigenvalue weighted by molar-refractivity contribution is 0.708. The minimum absolute atomic E-state index is 0.0822. The predicted molar refractivity (Wildman–Crippen MR) is 570 cm³/mol. The van der Waals surface area contributed by atoms with Gasteiger partial charge in [-0.25, -0.2) is 0 Å². The number of rotatable bonds is 13. The topological polar surface area (TPSA) is 0 Å². The second kappa shape index (κ2) is 36.4. The quantitative estimate of drug-likeness (QED) is 0.108. The number of hydrogen-bond donors (Lipinski definition) is 0. The van der Waals surface area contributed by atoms with Crippen molar-refractivity contribution in [3.05, 3.63) is 466 Å². The summed E-state index contributed by atoms with van der Waals surface area (Å²) in [5, 5.41) is 0. The summed E-state index contributed by atoms with van der Waals surface area (Å²) in [6, 6.07) is 96.1. The van der Waals surface area contributed by atoms with E-state index in [1.807, 2.05) is 0 Å². The number of aryl methyl sites for hydroxylation is 24. The molecule has 15 aromatic carbocycles. The molecule has 0 fully saturated rings. The van der Waals surface area contributed by atoms with Gasteiger partial charge < -0.3 is 0 Å². The van der Waals surface area contributed by atoms with Crippen LogP contribution in [-0.4, -0.2) is 0 Å². The molecular weight excluding hydrogens is 1590 g/mol. The summed E-state index contributed by atoms with van der Waals surface area (Å²) in [5.41, 5.74) is 68.6. The molecule has 0 aliphatic heterocycles. The van der Waals surface area contributed by atoms with Gasteiger partial charge >= 0.3 is 0 Å². The van der Waals surface area contributed by atoms with Gasteiger partial charge in [0.1, 0.15) is 0 Å². The Hall–Kier alpha value is -11.7. The van der Waals surface area contributed by atoms with Gasteiger partial charge in [-0.1, -0.05) is 334 Å². The van der Waals surface area contributed by atoms with Crippen LogP contribution in [0, 0.1) is 138 Å². The lowest BCUT2D eigenvalue weighted by atomic mass is 9.73. The largest absolute Gasteiger partial charge is 0.0654 e. The molecule has 0 heterocycles. The Morgan fingerprint density at radius 2 is 0.371 bits per heavy atom. The van der Waals surface area contributed by atoms with E-state index < -0.39 is 0 Å². The van der Waals surface area contributed by atoms with Crippen molar-refractivity contribution < 1.29 is 0 Å². The van der Waals surface area contributed by atoms with E-state index in [1.165, 1.54) is 311 Å². The van der Waals surface area contributed by atoms with Crippen molar-refractivity contribution in [1.82, 2.24) is 0 Å². The molecule has 0 saturated heterocycles. The lowest BCUT2D eigenvalue weighted by Gasteiger charge is -2.29. The predicted octanol–water partition coefficient (Wildman–Crippen LogP) is 35.1. The summed E-state index contributed by atoms with van der Waals surface area (Å²) < 4.78 is 0. The minimum atomic E-state index is -0.0984. The minimum Gasteiger partial charge on any atom is -0.0654 e. The first kappa shape index (κ1) is 93.5. The Balaban J connectivity index is 0.000000121. The van der Waals surface area contributed by atoms with Crippen LogP contribution in [0.2, 0.25) is 0 Å². The molecule has 0 N–H and O–H groups in total. The van der Waals surface area contributed by atoms with Crippen molar-refractivity contribution in [2.75, 3.05) is 0 Å². The van der Waals surface area contributed by atoms with Crippen LogP contribution in [0.15, 0.2) is 249 Å². The van der Waals surface area contributed by atoms with Crippen LogP contribution in [-0.2, 0) is 52.8 Å². The first-order valence-corrected chi connectivity index (χ1v) is 49.5. The normalized spacial score (nSPS) is 15.6. The van der Waals surface area contributed by atoms with Gasteiger partial charge in [-0.15, -0.1) is 0 Å². The van der Waals surface area contributed by atoms with E-state index in [4.69, 9.17) is 0 Å². The van der Waals surface area contributed by atoms with Crippen LogP contribution >= 0.6 is 0 Å². The molecule has 2 atom stereocenters. The standard InChI is InChI=1S/C31H38.C27H30.2C25H26.C24H24/c1-7-9-13-24-19-27-28-20-25(14-10-8-2)23(5)18-30(28)31(6,29(27)17-22(24)4)26-15-11-12-21(3)16-26;1-7-20-15-23-24-16-21(8-2)19(5)14-26(24)27(6,25(23)13-18(20)4)22-11-9-10-17(3)12-22;1-15-7-8-21-22-13-18(4)19(5)14-24(22)25(6,23(21)12-15)20-10-16(2)9-17(3)11-20;1-15-8-7-9-20(10-15)25(6)23-13-18(4)16(2)11-21(23)22-12-17(3)19(5)14-24(22)25;1-15-7-6-8-19(11-15)24(5)22-12-16(2)9-10-20(22)21-13-17(3)18(4)14-23(21)24/h11-12,15-20H,7-10,13-14H2,1-6H3;9-16H,7-8H2,1-6H3;2*7-14H,1-6H3;6-14H,1-5H3. The van der Waals surface area contributed by atoms with Crippen molar-refractivity contribution in [2.24, 2.45) is 0 Å². The first-order chi connectivity index (χ1) is 62.8. The number of benzene rings is 15. The summed E-state index contributed by atoms with van der Waals surface area (Å²) in [6.07, 6.45) is 9.54. The smallest absolute Gasteiger partial charge is 0.0435 e. The molecule has 0 spiro atoms. The van der Waals surface area contributed by atoms with Crippen LogP contribution < -0.4 is 0 Å². The van der Waals surface area contributed by atoms with Crippen molar-refractivity contribution >= 4 is 0 Å². The second-order valence-electron chi connectivity index (χ2n) is 41.7. The highest BCUT2D eigenvalue weighted by Gasteiger charge is 2.47. The van der Waals surface area contributed by atoms with E-state index in [-0.39, 0.29) is 27.1 Å². The summed E-state index contributed by atoms with van der Waals surface area (Å²) in [5.74, 6) is 0. The molecule has 2 unspecified atom stereocenters. The molecule has 0 saturated carbocycles. The average Bonchev–Trinajstić information content (AvgIpc) is 1.60. The van der Waals surface area contributed by atoms with Crippen molar-refractivity contribution in [3.8, 4) is 55.6 Å².